The van der Waals surface area contributed by atoms with Crippen LogP contribution >= 0.6 is 0 Å². The molecule has 0 aliphatic heterocycles. The third kappa shape index (κ3) is 4.21. The number of rotatable bonds is 5. The van der Waals surface area contributed by atoms with Gasteiger partial charge in [-0.3, -0.25) is 0 Å². The average molecular weight is 320 g/mol. The van der Waals surface area contributed by atoms with E-state index in [1.807, 2.05) is 20.8 Å². The summed E-state index contributed by atoms with van der Waals surface area (Å²) in [4.78, 5) is -0.537. The Hall–Kier alpha value is -1.05. The highest BCUT2D eigenvalue weighted by molar-refractivity contribution is 7.89. The van der Waals surface area contributed by atoms with Crippen LogP contribution in [0.1, 0.15) is 33.3 Å². The molecule has 0 amide bonds. The Morgan fingerprint density at radius 1 is 1.24 bits per heavy atom. The Kier molecular flexibility index (Phi) is 5.46. The van der Waals surface area contributed by atoms with Crippen LogP contribution in [0.25, 0.3) is 0 Å². The number of sulfonamides is 1. The van der Waals surface area contributed by atoms with Crippen LogP contribution in [-0.2, 0) is 16.6 Å². The third-order valence-corrected chi connectivity index (χ3v) is 4.98. The predicted octanol–water partition coefficient (Wildman–Crippen LogP) is 2.40. The normalized spacial score (nSPS) is 14.2. The average Bonchev–Trinajstić information content (AvgIpc) is 2.32. The van der Waals surface area contributed by atoms with Crippen molar-refractivity contribution >= 4 is 10.0 Å². The van der Waals surface area contributed by atoms with E-state index in [0.717, 1.165) is 12.1 Å². The maximum absolute atomic E-state index is 14.3. The molecule has 120 valence electrons. The van der Waals surface area contributed by atoms with Crippen molar-refractivity contribution in [1.29, 1.82) is 0 Å². The molecule has 0 aliphatic rings. The first-order valence-electron chi connectivity index (χ1n) is 6.64. The summed E-state index contributed by atoms with van der Waals surface area (Å²) in [5, 5.41) is 2.61. The van der Waals surface area contributed by atoms with E-state index < -0.39 is 32.6 Å². The second kappa shape index (κ2) is 6.37. The van der Waals surface area contributed by atoms with E-state index in [0.29, 0.717) is 0 Å². The van der Waals surface area contributed by atoms with Crippen molar-refractivity contribution in [3.63, 3.8) is 0 Å². The fourth-order valence-electron chi connectivity index (χ4n) is 1.60. The van der Waals surface area contributed by atoms with Gasteiger partial charge >= 0.3 is 0 Å². The molecule has 2 N–H and O–H groups in total. The first-order valence-corrected chi connectivity index (χ1v) is 8.13. The highest BCUT2D eigenvalue weighted by atomic mass is 32.2. The molecule has 1 rings (SSSR count). The van der Waals surface area contributed by atoms with E-state index in [-0.39, 0.29) is 17.5 Å². The second-order valence-corrected chi connectivity index (χ2v) is 7.76. The lowest BCUT2D eigenvalue weighted by Gasteiger charge is -2.28. The van der Waals surface area contributed by atoms with E-state index in [2.05, 4.69) is 10.0 Å². The Bertz CT molecular complexity index is 610. The number of hydrogen-bond donors (Lipinski definition) is 2. The van der Waals surface area contributed by atoms with Gasteiger partial charge in [0.25, 0.3) is 0 Å². The number of halogens is 2. The molecule has 0 aromatic heterocycles. The monoisotopic (exact) mass is 320 g/mol. The van der Waals surface area contributed by atoms with Gasteiger partial charge in [-0.25, -0.2) is 21.9 Å². The van der Waals surface area contributed by atoms with Gasteiger partial charge in [0.05, 0.1) is 0 Å². The lowest BCUT2D eigenvalue weighted by Crippen LogP contribution is -2.41. The van der Waals surface area contributed by atoms with E-state index >= 15 is 0 Å². The molecule has 7 heteroatoms. The minimum absolute atomic E-state index is 0.0874. The molecule has 1 atom stereocenters. The summed E-state index contributed by atoms with van der Waals surface area (Å²) in [6.45, 7) is 7.22. The molecule has 0 aliphatic carbocycles. The summed E-state index contributed by atoms with van der Waals surface area (Å²) in [6, 6.07) is 1.51. The first kappa shape index (κ1) is 18.0. The van der Waals surface area contributed by atoms with Gasteiger partial charge in [-0.1, -0.05) is 20.8 Å². The fraction of sp³-hybridized carbons (Fsp3) is 0.571. The van der Waals surface area contributed by atoms with E-state index in [9.17, 15) is 17.2 Å². The zero-order chi connectivity index (χ0) is 16.4. The summed E-state index contributed by atoms with van der Waals surface area (Å²) in [7, 11) is -2.52. The molecule has 0 fully saturated rings. The van der Waals surface area contributed by atoms with Gasteiger partial charge < -0.3 is 5.32 Å². The van der Waals surface area contributed by atoms with Crippen molar-refractivity contribution in [2.24, 2.45) is 5.41 Å². The van der Waals surface area contributed by atoms with Gasteiger partial charge in [-0.15, -0.1) is 0 Å². The van der Waals surface area contributed by atoms with Crippen LogP contribution in [0.15, 0.2) is 17.0 Å². The molecule has 21 heavy (non-hydrogen) atoms. The SMILES string of the molecule is CNCc1c(F)ccc(S(=O)(=O)NC(C)C(C)(C)C)c1F. The quantitative estimate of drug-likeness (QED) is 0.876. The predicted molar refractivity (Wildman–Crippen MR) is 78.4 cm³/mol. The van der Waals surface area contributed by atoms with Crippen molar-refractivity contribution in [2.45, 2.75) is 45.2 Å². The van der Waals surface area contributed by atoms with Crippen molar-refractivity contribution in [3.8, 4) is 0 Å². The van der Waals surface area contributed by atoms with Gasteiger partial charge in [0.15, 0.2) is 5.82 Å². The van der Waals surface area contributed by atoms with Gasteiger partial charge in [-0.05, 0) is 31.5 Å². The Labute approximate surface area is 125 Å². The van der Waals surface area contributed by atoms with Crippen molar-refractivity contribution in [3.05, 3.63) is 29.3 Å². The second-order valence-electron chi connectivity index (χ2n) is 6.08. The topological polar surface area (TPSA) is 58.2 Å². The van der Waals surface area contributed by atoms with Crippen LogP contribution in [0, 0.1) is 17.0 Å². The maximum Gasteiger partial charge on any atom is 0.243 e. The van der Waals surface area contributed by atoms with Crippen LogP contribution < -0.4 is 10.0 Å². The van der Waals surface area contributed by atoms with Crippen molar-refractivity contribution in [1.82, 2.24) is 10.0 Å². The first-order chi connectivity index (χ1) is 9.50. The van der Waals surface area contributed by atoms with E-state index in [4.69, 9.17) is 0 Å². The highest BCUT2D eigenvalue weighted by Gasteiger charge is 2.29. The number of nitrogens with one attached hydrogen (secondary N) is 2. The Balaban J connectivity index is 3.24. The van der Waals surface area contributed by atoms with E-state index in [1.54, 1.807) is 6.92 Å². The van der Waals surface area contributed by atoms with E-state index in [1.165, 1.54) is 7.05 Å². The van der Waals surface area contributed by atoms with Gasteiger partial charge in [0.2, 0.25) is 10.0 Å². The summed E-state index contributed by atoms with van der Waals surface area (Å²) in [5.74, 6) is -1.83. The lowest BCUT2D eigenvalue weighted by atomic mass is 9.89. The smallest absolute Gasteiger partial charge is 0.243 e. The molecular formula is C14H22F2N2O2S. The zero-order valence-corrected chi connectivity index (χ0v) is 13.7. The van der Waals surface area contributed by atoms with Crippen LogP contribution in [0.2, 0.25) is 0 Å². The third-order valence-electron chi connectivity index (χ3n) is 3.42. The van der Waals surface area contributed by atoms with Gasteiger partial charge in [0.1, 0.15) is 10.7 Å². The largest absolute Gasteiger partial charge is 0.315 e. The molecule has 0 radical (unpaired) electrons. The molecule has 4 nitrogen and oxygen atoms in total. The van der Waals surface area contributed by atoms with Crippen LogP contribution in [-0.4, -0.2) is 21.5 Å². The summed E-state index contributed by atoms with van der Waals surface area (Å²) in [5.41, 5.74) is -0.610. The fourth-order valence-corrected chi connectivity index (χ4v) is 3.15. The molecule has 0 saturated heterocycles. The van der Waals surface area contributed by atoms with Crippen molar-refractivity contribution < 1.29 is 17.2 Å². The summed E-state index contributed by atoms with van der Waals surface area (Å²) in [6.07, 6.45) is 0. The minimum atomic E-state index is -4.05. The number of benzene rings is 1. The standard InChI is InChI=1S/C14H22F2N2O2S/c1-9(14(2,3)4)18-21(19,20)12-7-6-11(15)10(8-17-5)13(12)16/h6-7,9,17-18H,8H2,1-5H3. The van der Waals surface area contributed by atoms with Crippen molar-refractivity contribution in [2.75, 3.05) is 7.05 Å². The maximum atomic E-state index is 14.3. The summed E-state index contributed by atoms with van der Waals surface area (Å²) >= 11 is 0. The summed E-state index contributed by atoms with van der Waals surface area (Å²) < 4.78 is 54.8. The Morgan fingerprint density at radius 3 is 2.29 bits per heavy atom. The van der Waals surface area contributed by atoms with Gasteiger partial charge in [0, 0.05) is 18.2 Å². The highest BCUT2D eigenvalue weighted by Crippen LogP contribution is 2.24. The zero-order valence-electron chi connectivity index (χ0n) is 12.9. The molecule has 1 unspecified atom stereocenters. The molecular weight excluding hydrogens is 298 g/mol. The minimum Gasteiger partial charge on any atom is -0.315 e. The molecule has 0 spiro atoms. The van der Waals surface area contributed by atoms with Gasteiger partial charge in [-0.2, -0.15) is 0 Å². The molecule has 0 saturated carbocycles. The molecule has 0 heterocycles. The molecule has 1 aromatic carbocycles. The number of hydrogen-bond acceptors (Lipinski definition) is 3. The Morgan fingerprint density at radius 2 is 1.81 bits per heavy atom. The van der Waals surface area contributed by atoms with Crippen LogP contribution in [0.5, 0.6) is 0 Å². The lowest BCUT2D eigenvalue weighted by molar-refractivity contribution is 0.317. The van der Waals surface area contributed by atoms with Crippen LogP contribution in [0.3, 0.4) is 0 Å². The van der Waals surface area contributed by atoms with Crippen LogP contribution in [0.4, 0.5) is 8.78 Å². The molecule has 1 aromatic rings. The molecule has 0 bridgehead atoms.